The van der Waals surface area contributed by atoms with Crippen LogP contribution in [0.5, 0.6) is 0 Å². The highest BCUT2D eigenvalue weighted by atomic mass is 16.4. The fourth-order valence-corrected chi connectivity index (χ4v) is 3.53. The van der Waals surface area contributed by atoms with Gasteiger partial charge in [-0.3, -0.25) is 9.69 Å². The second kappa shape index (κ2) is 4.32. The maximum Gasteiger partial charge on any atom is 0.324 e. The summed E-state index contributed by atoms with van der Waals surface area (Å²) in [5.41, 5.74) is 6.63. The molecule has 4 heteroatoms. The Morgan fingerprint density at radius 2 is 1.84 bits per heavy atom. The van der Waals surface area contributed by atoms with Gasteiger partial charge >= 0.3 is 5.97 Å². The quantitative estimate of drug-likeness (QED) is 0.866. The van der Waals surface area contributed by atoms with Crippen LogP contribution in [0.1, 0.15) is 31.2 Å². The molecule has 0 unspecified atom stereocenters. The molecule has 0 atom stereocenters. The molecular formula is C15H20N2O2. The predicted octanol–water partition coefficient (Wildman–Crippen LogP) is 1.60. The molecule has 0 amide bonds. The fourth-order valence-electron chi connectivity index (χ4n) is 3.53. The van der Waals surface area contributed by atoms with Crippen LogP contribution in [0.15, 0.2) is 30.3 Å². The minimum Gasteiger partial charge on any atom is -0.480 e. The van der Waals surface area contributed by atoms with E-state index in [1.165, 1.54) is 0 Å². The second-order valence-electron chi connectivity index (χ2n) is 6.04. The van der Waals surface area contributed by atoms with Crippen LogP contribution in [0.4, 0.5) is 0 Å². The summed E-state index contributed by atoms with van der Waals surface area (Å²) in [6.07, 6.45) is 2.99. The zero-order chi connectivity index (χ0) is 13.5. The maximum absolute atomic E-state index is 11.8. The Morgan fingerprint density at radius 1 is 1.21 bits per heavy atom. The van der Waals surface area contributed by atoms with E-state index < -0.39 is 11.5 Å². The number of carbonyl (C=O) groups is 1. The first-order chi connectivity index (χ1) is 9.04. The highest BCUT2D eigenvalue weighted by Crippen LogP contribution is 2.45. The van der Waals surface area contributed by atoms with Crippen LogP contribution in [0.3, 0.4) is 0 Å². The van der Waals surface area contributed by atoms with E-state index in [2.05, 4.69) is 4.90 Å². The minimum absolute atomic E-state index is 0.189. The molecule has 0 aromatic heterocycles. The molecule has 102 valence electrons. The van der Waals surface area contributed by atoms with Gasteiger partial charge in [-0.25, -0.2) is 0 Å². The van der Waals surface area contributed by atoms with Crippen molar-refractivity contribution in [2.75, 3.05) is 6.54 Å². The number of piperidine rings is 2. The lowest BCUT2D eigenvalue weighted by molar-refractivity contribution is -0.163. The van der Waals surface area contributed by atoms with Crippen LogP contribution in [-0.2, 0) is 11.3 Å². The summed E-state index contributed by atoms with van der Waals surface area (Å²) in [7, 11) is 0. The third-order valence-corrected chi connectivity index (χ3v) is 4.80. The Bertz CT molecular complexity index is 478. The molecule has 2 aliphatic heterocycles. The van der Waals surface area contributed by atoms with Crippen molar-refractivity contribution < 1.29 is 9.90 Å². The summed E-state index contributed by atoms with van der Waals surface area (Å²) in [6, 6.07) is 10.0. The molecule has 0 spiro atoms. The summed E-state index contributed by atoms with van der Waals surface area (Å²) in [5.74, 6) is -0.690. The Balaban J connectivity index is 1.88. The standard InChI is InChI=1S/C15H20N2O2/c16-14-6-8-15(9-7-14,13(18)19)17(11-14)10-12-4-2-1-3-5-12/h1-5H,6-11,16H2,(H,18,19). The van der Waals surface area contributed by atoms with Gasteiger partial charge in [0.25, 0.3) is 0 Å². The van der Waals surface area contributed by atoms with Crippen molar-refractivity contribution in [3.05, 3.63) is 35.9 Å². The van der Waals surface area contributed by atoms with Crippen LogP contribution in [0.25, 0.3) is 0 Å². The zero-order valence-corrected chi connectivity index (χ0v) is 11.0. The number of benzene rings is 1. The molecule has 3 N–H and O–H groups in total. The predicted molar refractivity (Wildman–Crippen MR) is 72.6 cm³/mol. The highest BCUT2D eigenvalue weighted by molar-refractivity contribution is 5.79. The number of carboxylic acid groups (broad SMARTS) is 1. The van der Waals surface area contributed by atoms with E-state index >= 15 is 0 Å². The van der Waals surface area contributed by atoms with Gasteiger partial charge in [-0.15, -0.1) is 0 Å². The van der Waals surface area contributed by atoms with Gasteiger partial charge in [0.1, 0.15) is 5.54 Å². The van der Waals surface area contributed by atoms with Crippen molar-refractivity contribution >= 4 is 5.97 Å². The van der Waals surface area contributed by atoms with Crippen LogP contribution in [0, 0.1) is 0 Å². The Kier molecular flexibility index (Phi) is 2.87. The summed E-state index contributed by atoms with van der Waals surface area (Å²) < 4.78 is 0. The van der Waals surface area contributed by atoms with Crippen LogP contribution in [-0.4, -0.2) is 33.6 Å². The Labute approximate surface area is 113 Å². The number of rotatable bonds is 3. The van der Waals surface area contributed by atoms with E-state index in [4.69, 9.17) is 5.73 Å². The van der Waals surface area contributed by atoms with E-state index in [-0.39, 0.29) is 5.54 Å². The minimum atomic E-state index is -0.697. The monoisotopic (exact) mass is 260 g/mol. The number of nitrogens with zero attached hydrogens (tertiary/aromatic N) is 1. The summed E-state index contributed by atoms with van der Waals surface area (Å²) >= 11 is 0. The van der Waals surface area contributed by atoms with Crippen LogP contribution in [0.2, 0.25) is 0 Å². The van der Waals surface area contributed by atoms with Crippen molar-refractivity contribution in [3.8, 4) is 0 Å². The average Bonchev–Trinajstić information content (AvgIpc) is 2.40. The molecule has 1 saturated carbocycles. The number of carboxylic acids is 1. The number of aliphatic carboxylic acids is 1. The molecule has 4 nitrogen and oxygen atoms in total. The molecule has 19 heavy (non-hydrogen) atoms. The number of fused-ring (bicyclic) bond motifs is 3. The molecule has 1 aromatic carbocycles. The Morgan fingerprint density at radius 3 is 2.42 bits per heavy atom. The van der Waals surface area contributed by atoms with Gasteiger partial charge in [-0.05, 0) is 31.2 Å². The van der Waals surface area contributed by atoms with Crippen molar-refractivity contribution in [1.29, 1.82) is 0 Å². The molecule has 3 fully saturated rings. The van der Waals surface area contributed by atoms with E-state index in [0.717, 1.165) is 18.4 Å². The van der Waals surface area contributed by atoms with E-state index in [0.29, 0.717) is 25.9 Å². The summed E-state index contributed by atoms with van der Waals surface area (Å²) in [6.45, 7) is 1.36. The molecule has 1 aromatic rings. The molecule has 4 rings (SSSR count). The van der Waals surface area contributed by atoms with Crippen molar-refractivity contribution in [2.45, 2.75) is 43.3 Å². The fraction of sp³-hybridized carbons (Fsp3) is 0.533. The third-order valence-electron chi connectivity index (χ3n) is 4.80. The third kappa shape index (κ3) is 2.05. The van der Waals surface area contributed by atoms with Gasteiger partial charge in [0.05, 0.1) is 0 Å². The molecule has 0 radical (unpaired) electrons. The maximum atomic E-state index is 11.8. The first-order valence-electron chi connectivity index (χ1n) is 6.85. The lowest BCUT2D eigenvalue weighted by atomic mass is 9.66. The lowest BCUT2D eigenvalue weighted by Crippen LogP contribution is -2.70. The molecule has 1 aliphatic carbocycles. The largest absolute Gasteiger partial charge is 0.480 e. The molecule has 2 bridgehead atoms. The van der Waals surface area contributed by atoms with E-state index in [1.54, 1.807) is 0 Å². The summed E-state index contributed by atoms with van der Waals surface area (Å²) in [4.78, 5) is 13.8. The Hall–Kier alpha value is -1.39. The van der Waals surface area contributed by atoms with Crippen LogP contribution >= 0.6 is 0 Å². The van der Waals surface area contributed by atoms with E-state index in [9.17, 15) is 9.90 Å². The van der Waals surface area contributed by atoms with Gasteiger partial charge in [-0.2, -0.15) is 0 Å². The van der Waals surface area contributed by atoms with E-state index in [1.807, 2.05) is 30.3 Å². The van der Waals surface area contributed by atoms with Crippen molar-refractivity contribution in [1.82, 2.24) is 4.90 Å². The first kappa shape index (κ1) is 12.6. The van der Waals surface area contributed by atoms with Crippen molar-refractivity contribution in [3.63, 3.8) is 0 Å². The second-order valence-corrected chi connectivity index (χ2v) is 6.04. The average molecular weight is 260 g/mol. The number of hydrogen-bond acceptors (Lipinski definition) is 3. The number of hydrogen-bond donors (Lipinski definition) is 2. The lowest BCUT2D eigenvalue weighted by Gasteiger charge is -2.56. The molecular weight excluding hydrogens is 240 g/mol. The molecule has 2 heterocycles. The smallest absolute Gasteiger partial charge is 0.324 e. The van der Waals surface area contributed by atoms with Crippen LogP contribution < -0.4 is 5.73 Å². The van der Waals surface area contributed by atoms with Gasteiger partial charge < -0.3 is 10.8 Å². The SMILES string of the molecule is NC12CCC(C(=O)O)(CC1)N(Cc1ccccc1)C2. The summed E-state index contributed by atoms with van der Waals surface area (Å²) in [5, 5.41) is 9.66. The van der Waals surface area contributed by atoms with Crippen molar-refractivity contribution in [2.24, 2.45) is 5.73 Å². The highest BCUT2D eigenvalue weighted by Gasteiger charge is 2.55. The van der Waals surface area contributed by atoms with Gasteiger partial charge in [-0.1, -0.05) is 30.3 Å². The van der Waals surface area contributed by atoms with Gasteiger partial charge in [0.15, 0.2) is 0 Å². The van der Waals surface area contributed by atoms with Gasteiger partial charge in [0, 0.05) is 18.6 Å². The number of nitrogens with two attached hydrogens (primary N) is 1. The topological polar surface area (TPSA) is 66.6 Å². The zero-order valence-electron chi connectivity index (χ0n) is 11.0. The normalized spacial score (nSPS) is 34.4. The molecule has 2 saturated heterocycles. The first-order valence-corrected chi connectivity index (χ1v) is 6.85. The molecule has 3 aliphatic rings. The van der Waals surface area contributed by atoms with Gasteiger partial charge in [0.2, 0.25) is 0 Å².